The molecule has 1 aliphatic rings. The maximum absolute atomic E-state index is 10.4. The predicted molar refractivity (Wildman–Crippen MR) is 132 cm³/mol. The Morgan fingerprint density at radius 1 is 0.839 bits per heavy atom. The SMILES string of the molecule is COc1ccc(N2CCN(CC(O)COc3ccc4ccccc4c3)CC2)cc1.Cl.Cl. The largest absolute Gasteiger partial charge is 0.497 e. The van der Waals surface area contributed by atoms with Crippen molar-refractivity contribution in [3.05, 3.63) is 66.7 Å². The molecule has 7 heteroatoms. The van der Waals surface area contributed by atoms with Crippen molar-refractivity contribution in [3.8, 4) is 11.5 Å². The standard InChI is InChI=1S/C24H28N2O3.2ClH/c1-28-23-10-7-21(8-11-23)26-14-12-25(13-15-26)17-22(27)18-29-24-9-6-19-4-2-3-5-20(19)16-24;;/h2-11,16,22,27H,12-15,17-18H2,1H3;2*1H. The van der Waals surface area contributed by atoms with E-state index in [2.05, 4.69) is 40.1 Å². The molecule has 1 aliphatic heterocycles. The first kappa shape index (κ1) is 25.1. The average Bonchev–Trinajstić information content (AvgIpc) is 2.78. The maximum Gasteiger partial charge on any atom is 0.120 e. The van der Waals surface area contributed by atoms with Gasteiger partial charge in [0.15, 0.2) is 0 Å². The van der Waals surface area contributed by atoms with E-state index in [1.807, 2.05) is 36.4 Å². The molecule has 168 valence electrons. The Kier molecular flexibility index (Phi) is 9.72. The Bertz CT molecular complexity index is 932. The van der Waals surface area contributed by atoms with Gasteiger partial charge in [-0.2, -0.15) is 0 Å². The van der Waals surface area contributed by atoms with Crippen molar-refractivity contribution >= 4 is 41.3 Å². The van der Waals surface area contributed by atoms with Crippen LogP contribution in [0.1, 0.15) is 0 Å². The molecule has 0 radical (unpaired) electrons. The van der Waals surface area contributed by atoms with E-state index in [1.165, 1.54) is 11.1 Å². The number of anilines is 1. The summed E-state index contributed by atoms with van der Waals surface area (Å²) in [5.41, 5.74) is 1.21. The lowest BCUT2D eigenvalue weighted by Gasteiger charge is -2.36. The number of rotatable bonds is 7. The summed E-state index contributed by atoms with van der Waals surface area (Å²) in [6.45, 7) is 4.69. The minimum Gasteiger partial charge on any atom is -0.497 e. The number of aliphatic hydroxyl groups is 1. The van der Waals surface area contributed by atoms with E-state index in [0.717, 1.165) is 43.1 Å². The smallest absolute Gasteiger partial charge is 0.120 e. The third-order valence-corrected chi connectivity index (χ3v) is 5.44. The van der Waals surface area contributed by atoms with Crippen LogP contribution >= 0.6 is 24.8 Å². The molecule has 0 amide bonds. The number of hydrogen-bond acceptors (Lipinski definition) is 5. The molecular formula is C24H30Cl2N2O3. The zero-order chi connectivity index (χ0) is 20.1. The molecule has 1 atom stereocenters. The molecule has 0 bridgehead atoms. The monoisotopic (exact) mass is 464 g/mol. The quantitative estimate of drug-likeness (QED) is 0.565. The Balaban J connectivity index is 0.00000171. The van der Waals surface area contributed by atoms with E-state index < -0.39 is 6.10 Å². The average molecular weight is 465 g/mol. The highest BCUT2D eigenvalue weighted by Crippen LogP contribution is 2.22. The summed E-state index contributed by atoms with van der Waals surface area (Å²) in [5.74, 6) is 1.67. The number of hydrogen-bond donors (Lipinski definition) is 1. The van der Waals surface area contributed by atoms with Gasteiger partial charge >= 0.3 is 0 Å². The first-order valence-electron chi connectivity index (χ1n) is 10.1. The second-order valence-electron chi connectivity index (χ2n) is 7.46. The molecule has 1 N–H and O–H groups in total. The number of halogens is 2. The van der Waals surface area contributed by atoms with E-state index in [1.54, 1.807) is 7.11 Å². The molecule has 1 saturated heterocycles. The summed E-state index contributed by atoms with van der Waals surface area (Å²) < 4.78 is 11.1. The maximum atomic E-state index is 10.4. The zero-order valence-corrected chi connectivity index (χ0v) is 19.3. The molecule has 0 aromatic heterocycles. The van der Waals surface area contributed by atoms with Crippen molar-refractivity contribution in [2.24, 2.45) is 0 Å². The van der Waals surface area contributed by atoms with Crippen molar-refractivity contribution in [1.29, 1.82) is 0 Å². The van der Waals surface area contributed by atoms with E-state index in [9.17, 15) is 5.11 Å². The van der Waals surface area contributed by atoms with E-state index >= 15 is 0 Å². The molecule has 31 heavy (non-hydrogen) atoms. The van der Waals surface area contributed by atoms with Crippen molar-refractivity contribution in [2.75, 3.05) is 51.3 Å². The van der Waals surface area contributed by atoms with Gasteiger partial charge in [0, 0.05) is 38.4 Å². The number of ether oxygens (including phenoxy) is 2. The van der Waals surface area contributed by atoms with Gasteiger partial charge in [0.05, 0.1) is 7.11 Å². The van der Waals surface area contributed by atoms with Gasteiger partial charge in [0.25, 0.3) is 0 Å². The molecule has 5 nitrogen and oxygen atoms in total. The lowest BCUT2D eigenvalue weighted by atomic mass is 10.1. The highest BCUT2D eigenvalue weighted by atomic mass is 35.5. The fraction of sp³-hybridized carbons (Fsp3) is 0.333. The summed E-state index contributed by atoms with van der Waals surface area (Å²) in [7, 11) is 1.68. The first-order chi connectivity index (χ1) is 14.2. The van der Waals surface area contributed by atoms with Crippen molar-refractivity contribution < 1.29 is 14.6 Å². The van der Waals surface area contributed by atoms with Crippen molar-refractivity contribution in [3.63, 3.8) is 0 Å². The van der Waals surface area contributed by atoms with Crippen LogP contribution < -0.4 is 14.4 Å². The van der Waals surface area contributed by atoms with Crippen LogP contribution in [0.4, 0.5) is 5.69 Å². The molecule has 1 heterocycles. The van der Waals surface area contributed by atoms with E-state index in [4.69, 9.17) is 9.47 Å². The van der Waals surface area contributed by atoms with Gasteiger partial charge in [0.1, 0.15) is 24.2 Å². The fourth-order valence-electron chi connectivity index (χ4n) is 3.78. The van der Waals surface area contributed by atoms with Gasteiger partial charge in [-0.3, -0.25) is 4.90 Å². The molecule has 0 aliphatic carbocycles. The second kappa shape index (κ2) is 12.0. The van der Waals surface area contributed by atoms with Crippen molar-refractivity contribution in [2.45, 2.75) is 6.10 Å². The van der Waals surface area contributed by atoms with Crippen LogP contribution in [0.25, 0.3) is 10.8 Å². The topological polar surface area (TPSA) is 45.2 Å². The lowest BCUT2D eigenvalue weighted by molar-refractivity contribution is 0.0663. The van der Waals surface area contributed by atoms with Gasteiger partial charge in [-0.25, -0.2) is 0 Å². The number of piperazine rings is 1. The normalized spacial score (nSPS) is 15.0. The van der Waals surface area contributed by atoms with Crippen molar-refractivity contribution in [1.82, 2.24) is 4.90 Å². The lowest BCUT2D eigenvalue weighted by Crippen LogP contribution is -2.49. The third kappa shape index (κ3) is 6.65. The highest BCUT2D eigenvalue weighted by molar-refractivity contribution is 5.85. The number of nitrogens with zero attached hydrogens (tertiary/aromatic N) is 2. The molecule has 1 fully saturated rings. The number of methoxy groups -OCH3 is 1. The van der Waals surface area contributed by atoms with Crippen LogP contribution in [0.5, 0.6) is 11.5 Å². The van der Waals surface area contributed by atoms with Crippen LogP contribution in [-0.2, 0) is 0 Å². The minimum absolute atomic E-state index is 0. The molecular weight excluding hydrogens is 435 g/mol. The Morgan fingerprint density at radius 2 is 1.48 bits per heavy atom. The van der Waals surface area contributed by atoms with Gasteiger partial charge in [-0.1, -0.05) is 30.3 Å². The molecule has 4 rings (SSSR count). The number of benzene rings is 3. The first-order valence-corrected chi connectivity index (χ1v) is 10.1. The molecule has 0 spiro atoms. The Hall–Kier alpha value is -2.18. The number of fused-ring (bicyclic) bond motifs is 1. The van der Waals surface area contributed by atoms with Gasteiger partial charge in [0.2, 0.25) is 0 Å². The number of aliphatic hydroxyl groups excluding tert-OH is 1. The zero-order valence-electron chi connectivity index (χ0n) is 17.6. The summed E-state index contributed by atoms with van der Waals surface area (Å²) in [6, 6.07) is 22.4. The van der Waals surface area contributed by atoms with Crippen LogP contribution in [0, 0.1) is 0 Å². The van der Waals surface area contributed by atoms with Gasteiger partial charge in [-0.05, 0) is 47.2 Å². The van der Waals surface area contributed by atoms with Crippen LogP contribution in [0.2, 0.25) is 0 Å². The second-order valence-corrected chi connectivity index (χ2v) is 7.46. The molecule has 3 aromatic rings. The van der Waals surface area contributed by atoms with E-state index in [-0.39, 0.29) is 24.8 Å². The van der Waals surface area contributed by atoms with Crippen LogP contribution in [0.3, 0.4) is 0 Å². The summed E-state index contributed by atoms with van der Waals surface area (Å²) >= 11 is 0. The molecule has 0 saturated carbocycles. The Morgan fingerprint density at radius 3 is 2.16 bits per heavy atom. The summed E-state index contributed by atoms with van der Waals surface area (Å²) in [6.07, 6.45) is -0.506. The van der Waals surface area contributed by atoms with Crippen LogP contribution in [-0.4, -0.2) is 62.6 Å². The number of β-amino-alcohol motifs (C(OH)–C–C–N with tert-alkyl or cyclic N) is 1. The Labute approximate surface area is 196 Å². The van der Waals surface area contributed by atoms with E-state index in [0.29, 0.717) is 13.2 Å². The fourth-order valence-corrected chi connectivity index (χ4v) is 3.78. The van der Waals surface area contributed by atoms with Gasteiger partial charge < -0.3 is 19.5 Å². The third-order valence-electron chi connectivity index (χ3n) is 5.44. The molecule has 3 aromatic carbocycles. The summed E-state index contributed by atoms with van der Waals surface area (Å²) in [4.78, 5) is 4.67. The highest BCUT2D eigenvalue weighted by Gasteiger charge is 2.20. The minimum atomic E-state index is -0.506. The van der Waals surface area contributed by atoms with Gasteiger partial charge in [-0.15, -0.1) is 24.8 Å². The molecule has 1 unspecified atom stereocenters. The predicted octanol–water partition coefficient (Wildman–Crippen LogP) is 4.25. The summed E-state index contributed by atoms with van der Waals surface area (Å²) in [5, 5.41) is 12.8. The van der Waals surface area contributed by atoms with Crippen LogP contribution in [0.15, 0.2) is 66.7 Å².